The predicted octanol–water partition coefficient (Wildman–Crippen LogP) is 4.68. The summed E-state index contributed by atoms with van der Waals surface area (Å²) in [5, 5.41) is 5.66. The molecule has 3 aromatic carbocycles. The molecule has 0 unspecified atom stereocenters. The van der Waals surface area contributed by atoms with Crippen molar-refractivity contribution in [3.8, 4) is 5.75 Å². The fraction of sp³-hybridized carbons (Fsp3) is 0.200. The third-order valence-corrected chi connectivity index (χ3v) is 5.71. The van der Waals surface area contributed by atoms with Crippen molar-refractivity contribution in [2.75, 3.05) is 24.7 Å². The maximum Gasteiger partial charge on any atom is 0.251 e. The molecule has 0 radical (unpaired) electrons. The molecule has 0 spiro atoms. The maximum absolute atomic E-state index is 12.9. The summed E-state index contributed by atoms with van der Waals surface area (Å²) in [4.78, 5) is 24.3. The van der Waals surface area contributed by atoms with Crippen molar-refractivity contribution in [2.24, 2.45) is 0 Å². The number of thioether (sulfide) groups is 1. The Morgan fingerprint density at radius 1 is 0.906 bits per heavy atom. The van der Waals surface area contributed by atoms with E-state index in [9.17, 15) is 14.0 Å². The lowest BCUT2D eigenvalue weighted by Gasteiger charge is -2.08. The maximum atomic E-state index is 12.9. The summed E-state index contributed by atoms with van der Waals surface area (Å²) in [6.45, 7) is 0.548. The van der Waals surface area contributed by atoms with Gasteiger partial charge in [0.25, 0.3) is 5.91 Å². The number of amides is 2. The second kappa shape index (κ2) is 11.9. The van der Waals surface area contributed by atoms with Crippen LogP contribution in [-0.4, -0.2) is 31.2 Å². The molecule has 3 aromatic rings. The third-order valence-electron chi connectivity index (χ3n) is 4.70. The molecule has 0 saturated heterocycles. The molecule has 32 heavy (non-hydrogen) atoms. The van der Waals surface area contributed by atoms with Crippen LogP contribution in [0.15, 0.2) is 72.8 Å². The molecule has 0 atom stereocenters. The van der Waals surface area contributed by atoms with Gasteiger partial charge < -0.3 is 15.4 Å². The zero-order valence-electron chi connectivity index (χ0n) is 17.8. The number of carbonyl (C=O) groups is 2. The average Bonchev–Trinajstić information content (AvgIpc) is 2.81. The summed E-state index contributed by atoms with van der Waals surface area (Å²) in [7, 11) is 1.63. The van der Waals surface area contributed by atoms with Crippen LogP contribution in [0, 0.1) is 5.82 Å². The molecule has 0 aliphatic rings. The van der Waals surface area contributed by atoms with Crippen LogP contribution in [0.1, 0.15) is 21.5 Å². The summed E-state index contributed by atoms with van der Waals surface area (Å²) in [6, 6.07) is 20.8. The highest BCUT2D eigenvalue weighted by atomic mass is 32.2. The van der Waals surface area contributed by atoms with Gasteiger partial charge in [-0.15, -0.1) is 11.8 Å². The van der Waals surface area contributed by atoms with E-state index in [1.165, 1.54) is 36.0 Å². The lowest BCUT2D eigenvalue weighted by Crippen LogP contribution is -2.25. The van der Waals surface area contributed by atoms with Crippen LogP contribution in [-0.2, 0) is 17.0 Å². The largest absolute Gasteiger partial charge is 0.497 e. The number of hydrogen-bond acceptors (Lipinski definition) is 4. The first-order valence-electron chi connectivity index (χ1n) is 10.2. The van der Waals surface area contributed by atoms with E-state index in [1.54, 1.807) is 19.2 Å². The number of hydrogen-bond donors (Lipinski definition) is 2. The molecule has 0 aromatic heterocycles. The molecule has 166 valence electrons. The molecular formula is C25H25FN2O3S. The molecule has 0 fully saturated rings. The number of halogens is 1. The lowest BCUT2D eigenvalue weighted by atomic mass is 10.1. The van der Waals surface area contributed by atoms with Crippen molar-refractivity contribution in [2.45, 2.75) is 12.2 Å². The van der Waals surface area contributed by atoms with Gasteiger partial charge in [0.1, 0.15) is 11.6 Å². The van der Waals surface area contributed by atoms with E-state index in [-0.39, 0.29) is 23.4 Å². The van der Waals surface area contributed by atoms with Crippen LogP contribution in [0.2, 0.25) is 0 Å². The van der Waals surface area contributed by atoms with Gasteiger partial charge in [0, 0.05) is 23.5 Å². The SMILES string of the molecule is COc1ccc(CCNC(=O)c2ccc(CSCC(=O)Nc3ccc(F)cc3)cc2)cc1. The monoisotopic (exact) mass is 452 g/mol. The minimum atomic E-state index is -0.341. The van der Waals surface area contributed by atoms with Crippen molar-refractivity contribution in [3.05, 3.63) is 95.3 Å². The lowest BCUT2D eigenvalue weighted by molar-refractivity contribution is -0.113. The van der Waals surface area contributed by atoms with E-state index in [1.807, 2.05) is 36.4 Å². The van der Waals surface area contributed by atoms with Gasteiger partial charge in [-0.25, -0.2) is 4.39 Å². The van der Waals surface area contributed by atoms with Crippen molar-refractivity contribution in [3.63, 3.8) is 0 Å². The average molecular weight is 453 g/mol. The first kappa shape index (κ1) is 23.3. The van der Waals surface area contributed by atoms with E-state index in [2.05, 4.69) is 10.6 Å². The van der Waals surface area contributed by atoms with Gasteiger partial charge in [0.05, 0.1) is 12.9 Å². The Morgan fingerprint density at radius 2 is 1.56 bits per heavy atom. The summed E-state index contributed by atoms with van der Waals surface area (Å²) in [5.74, 6) is 1.14. The second-order valence-corrected chi connectivity index (χ2v) is 8.08. The molecule has 2 N–H and O–H groups in total. The van der Waals surface area contributed by atoms with Gasteiger partial charge in [-0.1, -0.05) is 24.3 Å². The quantitative estimate of drug-likeness (QED) is 0.469. The Kier molecular flexibility index (Phi) is 8.69. The van der Waals surface area contributed by atoms with E-state index < -0.39 is 0 Å². The van der Waals surface area contributed by atoms with Gasteiger partial charge in [-0.05, 0) is 66.1 Å². The Hall–Kier alpha value is -3.32. The fourth-order valence-corrected chi connectivity index (χ4v) is 3.75. The molecule has 5 nitrogen and oxygen atoms in total. The Labute approximate surface area is 191 Å². The zero-order chi connectivity index (χ0) is 22.8. The van der Waals surface area contributed by atoms with Crippen molar-refractivity contribution in [1.82, 2.24) is 5.32 Å². The molecule has 7 heteroatoms. The highest BCUT2D eigenvalue weighted by Crippen LogP contribution is 2.15. The Balaban J connectivity index is 1.37. The van der Waals surface area contributed by atoms with E-state index in [0.29, 0.717) is 23.5 Å². The molecular weight excluding hydrogens is 427 g/mol. The number of benzene rings is 3. The fourth-order valence-electron chi connectivity index (χ4n) is 2.96. The van der Waals surface area contributed by atoms with Gasteiger partial charge >= 0.3 is 0 Å². The number of rotatable bonds is 10. The molecule has 0 aliphatic heterocycles. The smallest absolute Gasteiger partial charge is 0.251 e. The third kappa shape index (κ3) is 7.42. The molecule has 0 saturated carbocycles. The molecule has 0 bridgehead atoms. The number of ether oxygens (including phenoxy) is 1. The van der Waals surface area contributed by atoms with Crippen LogP contribution >= 0.6 is 11.8 Å². The molecule has 3 rings (SSSR count). The van der Waals surface area contributed by atoms with Crippen molar-refractivity contribution < 1.29 is 18.7 Å². The minimum absolute atomic E-state index is 0.114. The Bertz CT molecular complexity index is 1020. The summed E-state index contributed by atoms with van der Waals surface area (Å²) in [6.07, 6.45) is 0.741. The van der Waals surface area contributed by atoms with Crippen molar-refractivity contribution in [1.29, 1.82) is 0 Å². The van der Waals surface area contributed by atoms with Crippen LogP contribution in [0.25, 0.3) is 0 Å². The summed E-state index contributed by atoms with van der Waals surface area (Å²) < 4.78 is 18.0. The second-order valence-electron chi connectivity index (χ2n) is 7.10. The normalized spacial score (nSPS) is 10.4. The van der Waals surface area contributed by atoms with Crippen LogP contribution in [0.5, 0.6) is 5.75 Å². The van der Waals surface area contributed by atoms with Crippen LogP contribution < -0.4 is 15.4 Å². The number of carbonyl (C=O) groups excluding carboxylic acids is 2. The van der Waals surface area contributed by atoms with Gasteiger partial charge in [0.15, 0.2) is 0 Å². The predicted molar refractivity (Wildman–Crippen MR) is 127 cm³/mol. The van der Waals surface area contributed by atoms with Gasteiger partial charge in [-0.2, -0.15) is 0 Å². The topological polar surface area (TPSA) is 67.4 Å². The van der Waals surface area contributed by atoms with Gasteiger partial charge in [-0.3, -0.25) is 9.59 Å². The summed E-state index contributed by atoms with van der Waals surface area (Å²) >= 11 is 1.47. The number of methoxy groups -OCH3 is 1. The van der Waals surface area contributed by atoms with Crippen LogP contribution in [0.4, 0.5) is 10.1 Å². The highest BCUT2D eigenvalue weighted by Gasteiger charge is 2.07. The van der Waals surface area contributed by atoms with E-state index in [0.717, 1.165) is 23.3 Å². The Morgan fingerprint density at radius 3 is 2.22 bits per heavy atom. The van der Waals surface area contributed by atoms with Crippen molar-refractivity contribution >= 4 is 29.3 Å². The molecule has 0 aliphatic carbocycles. The minimum Gasteiger partial charge on any atom is -0.497 e. The summed E-state index contributed by atoms with van der Waals surface area (Å²) in [5.41, 5.74) is 3.32. The first-order valence-corrected chi connectivity index (χ1v) is 11.3. The first-order chi connectivity index (χ1) is 15.5. The van der Waals surface area contributed by atoms with E-state index in [4.69, 9.17) is 4.74 Å². The van der Waals surface area contributed by atoms with Crippen LogP contribution in [0.3, 0.4) is 0 Å². The number of anilines is 1. The molecule has 0 heterocycles. The standard InChI is InChI=1S/C25H25FN2O3S/c1-31-23-12-4-18(5-13-23)14-15-27-25(30)20-6-2-19(3-7-20)16-32-17-24(29)28-22-10-8-21(26)9-11-22/h2-13H,14-17H2,1H3,(H,27,30)(H,28,29). The highest BCUT2D eigenvalue weighted by molar-refractivity contribution is 7.99. The van der Waals surface area contributed by atoms with E-state index >= 15 is 0 Å². The molecule has 2 amide bonds. The number of nitrogens with one attached hydrogen (secondary N) is 2. The van der Waals surface area contributed by atoms with Gasteiger partial charge in [0.2, 0.25) is 5.91 Å². The zero-order valence-corrected chi connectivity index (χ0v) is 18.6.